The van der Waals surface area contributed by atoms with Crippen LogP contribution in [0.1, 0.15) is 24.8 Å². The Hall–Kier alpha value is -0.940. The summed E-state index contributed by atoms with van der Waals surface area (Å²) in [6.07, 6.45) is 3.35. The number of methoxy groups -OCH3 is 1. The fourth-order valence-corrected chi connectivity index (χ4v) is 2.64. The van der Waals surface area contributed by atoms with Crippen LogP contribution in [-0.2, 0) is 16.1 Å². The predicted molar refractivity (Wildman–Crippen MR) is 83.2 cm³/mol. The Balaban J connectivity index is 1.69. The molecule has 0 bridgehead atoms. The minimum Gasteiger partial charge on any atom is -0.389 e. The van der Waals surface area contributed by atoms with Gasteiger partial charge in [0.25, 0.3) is 0 Å². The number of aliphatic hydroxyl groups is 1. The Bertz CT molecular complexity index is 381. The third-order valence-corrected chi connectivity index (χ3v) is 4.03. The summed E-state index contributed by atoms with van der Waals surface area (Å²) in [5, 5.41) is 9.92. The number of benzene rings is 1. The van der Waals surface area contributed by atoms with Gasteiger partial charge in [-0.15, -0.1) is 0 Å². The molecule has 1 N–H and O–H groups in total. The van der Waals surface area contributed by atoms with Crippen LogP contribution in [0.25, 0.3) is 0 Å². The zero-order valence-corrected chi connectivity index (χ0v) is 12.9. The maximum Gasteiger partial charge on any atom is 0.0900 e. The van der Waals surface area contributed by atoms with Crippen molar-refractivity contribution in [3.8, 4) is 0 Å². The number of aliphatic hydroxyl groups excluding tert-OH is 1. The fourth-order valence-electron chi connectivity index (χ4n) is 2.64. The van der Waals surface area contributed by atoms with E-state index in [1.165, 1.54) is 24.8 Å². The molecule has 0 aliphatic heterocycles. The predicted octanol–water partition coefficient (Wildman–Crippen LogP) is 2.06. The average molecular weight is 293 g/mol. The van der Waals surface area contributed by atoms with Gasteiger partial charge < -0.3 is 14.6 Å². The van der Waals surface area contributed by atoms with Gasteiger partial charge in [0.05, 0.1) is 25.9 Å². The largest absolute Gasteiger partial charge is 0.389 e. The Kier molecular flexibility index (Phi) is 7.16. The van der Waals surface area contributed by atoms with Gasteiger partial charge in [-0.1, -0.05) is 36.8 Å². The van der Waals surface area contributed by atoms with E-state index < -0.39 is 6.10 Å². The second kappa shape index (κ2) is 9.15. The van der Waals surface area contributed by atoms with Crippen LogP contribution >= 0.6 is 0 Å². The SMILES string of the molecule is COCC(O)CN(CCOCc1ccccc1)C1CCC1. The zero-order valence-electron chi connectivity index (χ0n) is 12.9. The van der Waals surface area contributed by atoms with E-state index in [4.69, 9.17) is 9.47 Å². The van der Waals surface area contributed by atoms with Crippen LogP contribution < -0.4 is 0 Å². The Morgan fingerprint density at radius 2 is 2.05 bits per heavy atom. The molecule has 0 aromatic heterocycles. The monoisotopic (exact) mass is 293 g/mol. The van der Waals surface area contributed by atoms with Crippen molar-refractivity contribution in [1.29, 1.82) is 0 Å². The summed E-state index contributed by atoms with van der Waals surface area (Å²) in [6.45, 7) is 3.30. The van der Waals surface area contributed by atoms with Crippen molar-refractivity contribution in [2.75, 3.05) is 33.4 Å². The maximum atomic E-state index is 9.92. The van der Waals surface area contributed by atoms with Crippen molar-refractivity contribution in [1.82, 2.24) is 4.90 Å². The normalized spacial score (nSPS) is 16.9. The van der Waals surface area contributed by atoms with Gasteiger partial charge in [-0.2, -0.15) is 0 Å². The van der Waals surface area contributed by atoms with E-state index in [-0.39, 0.29) is 0 Å². The van der Waals surface area contributed by atoms with Crippen LogP contribution in [0.4, 0.5) is 0 Å². The van der Waals surface area contributed by atoms with E-state index in [0.717, 1.165) is 6.54 Å². The molecule has 1 saturated carbocycles. The van der Waals surface area contributed by atoms with Gasteiger partial charge in [0.2, 0.25) is 0 Å². The van der Waals surface area contributed by atoms with Crippen molar-refractivity contribution in [3.05, 3.63) is 35.9 Å². The molecule has 118 valence electrons. The molecule has 2 rings (SSSR count). The molecule has 1 aliphatic rings. The molecule has 0 amide bonds. The van der Waals surface area contributed by atoms with Crippen LogP contribution in [-0.4, -0.2) is 55.6 Å². The van der Waals surface area contributed by atoms with Gasteiger partial charge in [-0.3, -0.25) is 4.90 Å². The first-order valence-electron chi connectivity index (χ1n) is 7.82. The topological polar surface area (TPSA) is 41.9 Å². The molecule has 0 spiro atoms. The second-order valence-corrected chi connectivity index (χ2v) is 5.73. The van der Waals surface area contributed by atoms with E-state index in [1.54, 1.807) is 7.11 Å². The summed E-state index contributed by atoms with van der Waals surface area (Å²) in [5.41, 5.74) is 1.20. The first kappa shape index (κ1) is 16.4. The Labute approximate surface area is 127 Å². The summed E-state index contributed by atoms with van der Waals surface area (Å²) in [4.78, 5) is 2.35. The molecule has 0 heterocycles. The van der Waals surface area contributed by atoms with E-state index in [2.05, 4.69) is 17.0 Å². The summed E-state index contributed by atoms with van der Waals surface area (Å²) in [5.74, 6) is 0. The number of hydrogen-bond donors (Lipinski definition) is 1. The highest BCUT2D eigenvalue weighted by atomic mass is 16.5. The maximum absolute atomic E-state index is 9.92. The minimum absolute atomic E-state index is 0.397. The number of nitrogens with zero attached hydrogens (tertiary/aromatic N) is 1. The van der Waals surface area contributed by atoms with Crippen molar-refractivity contribution in [3.63, 3.8) is 0 Å². The first-order valence-corrected chi connectivity index (χ1v) is 7.82. The van der Waals surface area contributed by atoms with Crippen LogP contribution in [0.2, 0.25) is 0 Å². The summed E-state index contributed by atoms with van der Waals surface area (Å²) in [6, 6.07) is 10.8. The molecule has 1 unspecified atom stereocenters. The lowest BCUT2D eigenvalue weighted by Crippen LogP contribution is -2.46. The summed E-state index contributed by atoms with van der Waals surface area (Å²) in [7, 11) is 1.62. The highest BCUT2D eigenvalue weighted by Gasteiger charge is 2.26. The number of rotatable bonds is 10. The lowest BCUT2D eigenvalue weighted by molar-refractivity contribution is -0.000570. The molecule has 1 aromatic rings. The molecule has 0 radical (unpaired) electrons. The van der Waals surface area contributed by atoms with Gasteiger partial charge in [0.15, 0.2) is 0 Å². The first-order chi connectivity index (χ1) is 10.3. The highest BCUT2D eigenvalue weighted by molar-refractivity contribution is 5.13. The molecular formula is C17H27NO3. The molecule has 1 fully saturated rings. The molecular weight excluding hydrogens is 266 g/mol. The number of hydrogen-bond acceptors (Lipinski definition) is 4. The number of ether oxygens (including phenoxy) is 2. The average Bonchev–Trinajstić information content (AvgIpc) is 2.43. The van der Waals surface area contributed by atoms with Crippen molar-refractivity contribution >= 4 is 0 Å². The van der Waals surface area contributed by atoms with Crippen LogP contribution in [0.15, 0.2) is 30.3 Å². The van der Waals surface area contributed by atoms with Crippen molar-refractivity contribution < 1.29 is 14.6 Å². The van der Waals surface area contributed by atoms with E-state index in [0.29, 0.717) is 32.4 Å². The molecule has 4 heteroatoms. The van der Waals surface area contributed by atoms with Crippen LogP contribution in [0, 0.1) is 0 Å². The molecule has 0 saturated heterocycles. The van der Waals surface area contributed by atoms with Gasteiger partial charge in [0.1, 0.15) is 0 Å². The molecule has 21 heavy (non-hydrogen) atoms. The smallest absolute Gasteiger partial charge is 0.0900 e. The van der Waals surface area contributed by atoms with Crippen molar-refractivity contribution in [2.24, 2.45) is 0 Å². The molecule has 1 aromatic carbocycles. The summed E-state index contributed by atoms with van der Waals surface area (Å²) >= 11 is 0. The van der Waals surface area contributed by atoms with Gasteiger partial charge >= 0.3 is 0 Å². The standard InChI is InChI=1S/C17H27NO3/c1-20-14-17(19)12-18(16-8-5-9-16)10-11-21-13-15-6-3-2-4-7-15/h2-4,6-7,16-17,19H,5,8-14H2,1H3. The van der Waals surface area contributed by atoms with Gasteiger partial charge in [-0.25, -0.2) is 0 Å². The zero-order chi connectivity index (χ0) is 14.9. The quantitative estimate of drug-likeness (QED) is 0.671. The Morgan fingerprint density at radius 1 is 1.29 bits per heavy atom. The Morgan fingerprint density at radius 3 is 2.67 bits per heavy atom. The molecule has 1 atom stereocenters. The van der Waals surface area contributed by atoms with Crippen molar-refractivity contribution in [2.45, 2.75) is 38.0 Å². The van der Waals surface area contributed by atoms with Crippen LogP contribution in [0.5, 0.6) is 0 Å². The lowest BCUT2D eigenvalue weighted by Gasteiger charge is -2.38. The molecule has 4 nitrogen and oxygen atoms in total. The molecule has 1 aliphatic carbocycles. The fraction of sp³-hybridized carbons (Fsp3) is 0.647. The van der Waals surface area contributed by atoms with E-state index >= 15 is 0 Å². The third kappa shape index (κ3) is 5.75. The second-order valence-electron chi connectivity index (χ2n) is 5.73. The van der Waals surface area contributed by atoms with Gasteiger partial charge in [-0.05, 0) is 18.4 Å². The van der Waals surface area contributed by atoms with Crippen LogP contribution in [0.3, 0.4) is 0 Å². The third-order valence-electron chi connectivity index (χ3n) is 4.03. The van der Waals surface area contributed by atoms with Gasteiger partial charge in [0, 0.05) is 26.2 Å². The lowest BCUT2D eigenvalue weighted by atomic mass is 9.91. The highest BCUT2D eigenvalue weighted by Crippen LogP contribution is 2.24. The summed E-state index contributed by atoms with van der Waals surface area (Å²) < 4.78 is 10.8. The van der Waals surface area contributed by atoms with E-state index in [1.807, 2.05) is 18.2 Å². The minimum atomic E-state index is -0.412. The van der Waals surface area contributed by atoms with E-state index in [9.17, 15) is 5.11 Å².